The van der Waals surface area contributed by atoms with Gasteiger partial charge in [0.15, 0.2) is 0 Å². The van der Waals surface area contributed by atoms with E-state index in [1.54, 1.807) is 19.2 Å². The van der Waals surface area contributed by atoms with Gasteiger partial charge in [0.05, 0.1) is 4.92 Å². The molecule has 1 N–H and O–H groups in total. The molecule has 1 unspecified atom stereocenters. The normalized spacial score (nSPS) is 19.7. The second-order valence-corrected chi connectivity index (χ2v) is 3.52. The lowest BCUT2D eigenvalue weighted by Gasteiger charge is -2.24. The Morgan fingerprint density at radius 2 is 2.33 bits per heavy atom. The van der Waals surface area contributed by atoms with E-state index in [2.05, 4.69) is 5.32 Å². The molecule has 0 radical (unpaired) electrons. The van der Waals surface area contributed by atoms with Crippen molar-refractivity contribution in [2.45, 2.75) is 19.2 Å². The average Bonchev–Trinajstić information content (AvgIpc) is 2.27. The second kappa shape index (κ2) is 3.96. The molecule has 1 atom stereocenters. The zero-order chi connectivity index (χ0) is 10.8. The number of ether oxygens (including phenoxy) is 1. The molecule has 1 heterocycles. The van der Waals surface area contributed by atoms with Crippen LogP contribution < -0.4 is 5.32 Å². The molecule has 15 heavy (non-hydrogen) atoms. The SMILES string of the molecule is COC1Cc2ccc([N+](=O)[O-])cc2CN1. The van der Waals surface area contributed by atoms with Crippen molar-refractivity contribution in [2.24, 2.45) is 0 Å². The molecule has 0 spiro atoms. The van der Waals surface area contributed by atoms with Gasteiger partial charge >= 0.3 is 0 Å². The topological polar surface area (TPSA) is 64.4 Å². The molecule has 5 heteroatoms. The second-order valence-electron chi connectivity index (χ2n) is 3.52. The fourth-order valence-corrected chi connectivity index (χ4v) is 1.75. The maximum atomic E-state index is 10.6. The molecule has 1 aromatic carbocycles. The smallest absolute Gasteiger partial charge is 0.269 e. The molecule has 0 saturated heterocycles. The highest BCUT2D eigenvalue weighted by atomic mass is 16.6. The van der Waals surface area contributed by atoms with E-state index in [0.717, 1.165) is 17.5 Å². The van der Waals surface area contributed by atoms with Gasteiger partial charge in [-0.05, 0) is 11.1 Å². The number of nitro groups is 1. The van der Waals surface area contributed by atoms with E-state index in [9.17, 15) is 10.1 Å². The molecule has 1 aliphatic heterocycles. The quantitative estimate of drug-likeness (QED) is 0.586. The van der Waals surface area contributed by atoms with Crippen molar-refractivity contribution >= 4 is 5.69 Å². The van der Waals surface area contributed by atoms with Gasteiger partial charge < -0.3 is 4.74 Å². The highest BCUT2D eigenvalue weighted by Crippen LogP contribution is 2.22. The first-order valence-electron chi connectivity index (χ1n) is 4.73. The van der Waals surface area contributed by atoms with E-state index in [-0.39, 0.29) is 16.8 Å². The van der Waals surface area contributed by atoms with Crippen molar-refractivity contribution < 1.29 is 9.66 Å². The van der Waals surface area contributed by atoms with Crippen molar-refractivity contribution in [3.63, 3.8) is 0 Å². The third kappa shape index (κ3) is 1.98. The fourth-order valence-electron chi connectivity index (χ4n) is 1.75. The van der Waals surface area contributed by atoms with Crippen molar-refractivity contribution in [1.82, 2.24) is 5.32 Å². The van der Waals surface area contributed by atoms with Crippen molar-refractivity contribution in [2.75, 3.05) is 7.11 Å². The van der Waals surface area contributed by atoms with Gasteiger partial charge in [0.2, 0.25) is 0 Å². The van der Waals surface area contributed by atoms with Crippen LogP contribution in [0.3, 0.4) is 0 Å². The summed E-state index contributed by atoms with van der Waals surface area (Å²) >= 11 is 0. The summed E-state index contributed by atoms with van der Waals surface area (Å²) < 4.78 is 5.18. The molecule has 0 saturated carbocycles. The zero-order valence-electron chi connectivity index (χ0n) is 8.40. The Hall–Kier alpha value is -1.46. The minimum absolute atomic E-state index is 0.0129. The Balaban J connectivity index is 2.28. The van der Waals surface area contributed by atoms with Crippen LogP contribution >= 0.6 is 0 Å². The summed E-state index contributed by atoms with van der Waals surface area (Å²) in [6, 6.07) is 4.96. The molecule has 2 rings (SSSR count). The van der Waals surface area contributed by atoms with Crippen LogP contribution in [0.5, 0.6) is 0 Å². The van der Waals surface area contributed by atoms with E-state index in [0.29, 0.717) is 6.54 Å². The minimum atomic E-state index is -0.372. The molecule has 1 aromatic rings. The molecule has 0 aromatic heterocycles. The number of rotatable bonds is 2. The Morgan fingerprint density at radius 3 is 3.00 bits per heavy atom. The van der Waals surface area contributed by atoms with Crippen LogP contribution in [-0.4, -0.2) is 18.3 Å². The number of nitrogens with one attached hydrogen (secondary N) is 1. The van der Waals surface area contributed by atoms with Crippen LogP contribution in [0.25, 0.3) is 0 Å². The summed E-state index contributed by atoms with van der Waals surface area (Å²) in [5, 5.41) is 13.7. The van der Waals surface area contributed by atoms with E-state index in [4.69, 9.17) is 4.74 Å². The number of benzene rings is 1. The number of nitro benzene ring substituents is 1. The maximum absolute atomic E-state index is 10.6. The van der Waals surface area contributed by atoms with Crippen molar-refractivity contribution in [3.8, 4) is 0 Å². The van der Waals surface area contributed by atoms with Gasteiger partial charge in [-0.15, -0.1) is 0 Å². The molecule has 5 nitrogen and oxygen atoms in total. The van der Waals surface area contributed by atoms with Crippen molar-refractivity contribution in [3.05, 3.63) is 39.4 Å². The summed E-state index contributed by atoms with van der Waals surface area (Å²) in [5.74, 6) is 0. The van der Waals surface area contributed by atoms with Gasteiger partial charge in [-0.25, -0.2) is 0 Å². The van der Waals surface area contributed by atoms with E-state index < -0.39 is 0 Å². The summed E-state index contributed by atoms with van der Waals surface area (Å²) in [6.07, 6.45) is 0.767. The van der Waals surface area contributed by atoms with Crippen LogP contribution in [-0.2, 0) is 17.7 Å². The average molecular weight is 208 g/mol. The molecule has 0 bridgehead atoms. The predicted molar refractivity (Wildman–Crippen MR) is 54.4 cm³/mol. The number of fused-ring (bicyclic) bond motifs is 1. The molecular weight excluding hydrogens is 196 g/mol. The molecule has 0 fully saturated rings. The highest BCUT2D eigenvalue weighted by molar-refractivity contribution is 5.41. The lowest BCUT2D eigenvalue weighted by molar-refractivity contribution is -0.384. The standard InChI is InChI=1S/C10H12N2O3/c1-15-10-5-7-2-3-9(12(13)14)4-8(7)6-11-10/h2-4,10-11H,5-6H2,1H3. The fraction of sp³-hybridized carbons (Fsp3) is 0.400. The van der Waals surface area contributed by atoms with Gasteiger partial charge in [-0.3, -0.25) is 15.4 Å². The summed E-state index contributed by atoms with van der Waals surface area (Å²) in [5.41, 5.74) is 2.25. The molecule has 0 amide bonds. The Kier molecular flexibility index (Phi) is 2.66. The Bertz CT molecular complexity index is 392. The van der Waals surface area contributed by atoms with Crippen LogP contribution in [0.1, 0.15) is 11.1 Å². The first-order chi connectivity index (χ1) is 7.20. The Labute approximate surface area is 87.2 Å². The van der Waals surface area contributed by atoms with Gasteiger partial charge in [-0.2, -0.15) is 0 Å². The third-order valence-electron chi connectivity index (χ3n) is 2.61. The first-order valence-corrected chi connectivity index (χ1v) is 4.73. The van der Waals surface area contributed by atoms with Crippen molar-refractivity contribution in [1.29, 1.82) is 0 Å². The molecule has 0 aliphatic carbocycles. The van der Waals surface area contributed by atoms with Gasteiger partial charge in [-0.1, -0.05) is 6.07 Å². The zero-order valence-corrected chi connectivity index (χ0v) is 8.40. The highest BCUT2D eigenvalue weighted by Gasteiger charge is 2.19. The number of nitrogens with zero attached hydrogens (tertiary/aromatic N) is 1. The summed E-state index contributed by atoms with van der Waals surface area (Å²) in [7, 11) is 1.65. The summed E-state index contributed by atoms with van der Waals surface area (Å²) in [6.45, 7) is 0.621. The lowest BCUT2D eigenvalue weighted by Crippen LogP contribution is -2.36. The number of methoxy groups -OCH3 is 1. The van der Waals surface area contributed by atoms with Gasteiger partial charge in [0.25, 0.3) is 5.69 Å². The summed E-state index contributed by atoms with van der Waals surface area (Å²) in [4.78, 5) is 10.2. The molecular formula is C10H12N2O3. The van der Waals surface area contributed by atoms with Crippen LogP contribution in [0, 0.1) is 10.1 Å². The maximum Gasteiger partial charge on any atom is 0.269 e. The number of hydrogen-bond donors (Lipinski definition) is 1. The van der Waals surface area contributed by atoms with Gasteiger partial charge in [0.1, 0.15) is 6.23 Å². The first kappa shape index (κ1) is 10.1. The largest absolute Gasteiger partial charge is 0.366 e. The van der Waals surface area contributed by atoms with Gasteiger partial charge in [0, 0.05) is 32.2 Å². The number of hydrogen-bond acceptors (Lipinski definition) is 4. The number of non-ortho nitro benzene ring substituents is 1. The van der Waals surface area contributed by atoms with Crippen LogP contribution in [0.2, 0.25) is 0 Å². The predicted octanol–water partition coefficient (Wildman–Crippen LogP) is 1.21. The van der Waals surface area contributed by atoms with E-state index in [1.165, 1.54) is 6.07 Å². The Morgan fingerprint density at radius 1 is 1.53 bits per heavy atom. The molecule has 1 aliphatic rings. The van der Waals surface area contributed by atoms with Crippen LogP contribution in [0.4, 0.5) is 5.69 Å². The minimum Gasteiger partial charge on any atom is -0.366 e. The monoisotopic (exact) mass is 208 g/mol. The van der Waals surface area contributed by atoms with E-state index in [1.807, 2.05) is 0 Å². The van der Waals surface area contributed by atoms with Crippen LogP contribution in [0.15, 0.2) is 18.2 Å². The lowest BCUT2D eigenvalue weighted by atomic mass is 9.99. The third-order valence-corrected chi connectivity index (χ3v) is 2.61. The van der Waals surface area contributed by atoms with E-state index >= 15 is 0 Å². The molecule has 80 valence electrons.